The van der Waals surface area contributed by atoms with Crippen LogP contribution in [0.25, 0.3) is 0 Å². The predicted molar refractivity (Wildman–Crippen MR) is 105 cm³/mol. The van der Waals surface area contributed by atoms with Gasteiger partial charge in [0.05, 0.1) is 29.3 Å². The molecule has 1 aromatic rings. The van der Waals surface area contributed by atoms with Crippen LogP contribution in [0.4, 0.5) is 4.39 Å². The Hall–Kier alpha value is -1.52. The van der Waals surface area contributed by atoms with Gasteiger partial charge in [0.15, 0.2) is 19.7 Å². The molecule has 0 radical (unpaired) electrons. The van der Waals surface area contributed by atoms with Crippen molar-refractivity contribution < 1.29 is 30.8 Å². The zero-order valence-electron chi connectivity index (χ0n) is 16.5. The van der Waals surface area contributed by atoms with E-state index >= 15 is 0 Å². The van der Waals surface area contributed by atoms with Crippen LogP contribution >= 0.6 is 0 Å². The number of likely N-dealkylation sites (tertiary alicyclic amines) is 1. The first-order valence-electron chi connectivity index (χ1n) is 9.66. The van der Waals surface area contributed by atoms with Crippen LogP contribution in [-0.2, 0) is 29.2 Å². The number of esters is 1. The van der Waals surface area contributed by atoms with Gasteiger partial charge >= 0.3 is 5.97 Å². The normalized spacial score (nSPS) is 27.6. The fourth-order valence-electron chi connectivity index (χ4n) is 4.19. The van der Waals surface area contributed by atoms with Crippen molar-refractivity contribution in [2.75, 3.05) is 31.2 Å². The van der Waals surface area contributed by atoms with Crippen molar-refractivity contribution in [1.29, 1.82) is 0 Å². The Morgan fingerprint density at radius 1 is 1.31 bits per heavy atom. The zero-order chi connectivity index (χ0) is 21.4. The number of nitrogens with zero attached hydrogens (tertiary/aromatic N) is 1. The van der Waals surface area contributed by atoms with E-state index in [0.717, 1.165) is 6.07 Å². The molecule has 0 N–H and O–H groups in total. The molecule has 0 aliphatic carbocycles. The number of carbonyl (C=O) groups excluding carboxylic acids is 1. The summed E-state index contributed by atoms with van der Waals surface area (Å²) >= 11 is 0. The molecule has 2 aliphatic rings. The van der Waals surface area contributed by atoms with Gasteiger partial charge in [-0.05, 0) is 50.9 Å². The Balaban J connectivity index is 1.93. The van der Waals surface area contributed by atoms with Gasteiger partial charge in [0.2, 0.25) is 0 Å². The lowest BCUT2D eigenvalue weighted by Crippen LogP contribution is -2.51. The molecule has 2 fully saturated rings. The van der Waals surface area contributed by atoms with Crippen molar-refractivity contribution in [1.82, 2.24) is 4.90 Å². The van der Waals surface area contributed by atoms with Crippen LogP contribution in [0.15, 0.2) is 23.1 Å². The van der Waals surface area contributed by atoms with Crippen LogP contribution in [0.2, 0.25) is 0 Å². The summed E-state index contributed by atoms with van der Waals surface area (Å²) in [5.41, 5.74) is 0.572. The van der Waals surface area contributed by atoms with Crippen molar-refractivity contribution in [3.8, 4) is 0 Å². The number of ether oxygens (including phenoxy) is 1. The summed E-state index contributed by atoms with van der Waals surface area (Å²) in [6.07, 6.45) is 1.24. The van der Waals surface area contributed by atoms with Crippen molar-refractivity contribution in [3.63, 3.8) is 0 Å². The molecule has 0 amide bonds. The van der Waals surface area contributed by atoms with Crippen molar-refractivity contribution >= 4 is 25.6 Å². The number of benzene rings is 1. The molecule has 3 atom stereocenters. The van der Waals surface area contributed by atoms with Crippen LogP contribution in [0.5, 0.6) is 0 Å². The molecule has 2 heterocycles. The molecule has 0 spiro atoms. The highest BCUT2D eigenvalue weighted by atomic mass is 32.2. The SMILES string of the molecule is CCOC(=O)C1CCCN([C@H]2CS(=O)(=O)C[C@@H]2S(=O)(=O)c2cc(C)ccc2F)C1. The first kappa shape index (κ1) is 22.2. The van der Waals surface area contributed by atoms with E-state index in [9.17, 15) is 26.0 Å². The second-order valence-electron chi connectivity index (χ2n) is 7.75. The third-order valence-corrected chi connectivity index (χ3v) is 9.74. The van der Waals surface area contributed by atoms with E-state index < -0.39 is 53.3 Å². The average molecular weight is 448 g/mol. The first-order chi connectivity index (χ1) is 13.5. The minimum atomic E-state index is -4.22. The maximum atomic E-state index is 14.3. The Kier molecular flexibility index (Phi) is 6.35. The fraction of sp³-hybridized carbons (Fsp3) is 0.632. The van der Waals surface area contributed by atoms with Gasteiger partial charge in [0.25, 0.3) is 0 Å². The number of piperidine rings is 1. The monoisotopic (exact) mass is 447 g/mol. The summed E-state index contributed by atoms with van der Waals surface area (Å²) in [5, 5.41) is -1.27. The van der Waals surface area contributed by atoms with Gasteiger partial charge in [-0.25, -0.2) is 21.2 Å². The van der Waals surface area contributed by atoms with Crippen molar-refractivity contribution in [2.24, 2.45) is 5.92 Å². The number of hydrogen-bond donors (Lipinski definition) is 0. The van der Waals surface area contributed by atoms with Crippen LogP contribution in [-0.4, -0.2) is 70.2 Å². The summed E-state index contributed by atoms with van der Waals surface area (Å²) in [5.74, 6) is -2.54. The van der Waals surface area contributed by atoms with Crippen molar-refractivity contribution in [3.05, 3.63) is 29.6 Å². The molecule has 0 aromatic heterocycles. The van der Waals surface area contributed by atoms with Gasteiger partial charge < -0.3 is 4.74 Å². The molecule has 10 heteroatoms. The van der Waals surface area contributed by atoms with Gasteiger partial charge in [0, 0.05) is 12.6 Å². The average Bonchev–Trinajstić information content (AvgIpc) is 3.00. The molecule has 29 heavy (non-hydrogen) atoms. The number of hydrogen-bond acceptors (Lipinski definition) is 7. The number of halogens is 1. The third kappa shape index (κ3) is 4.64. The van der Waals surface area contributed by atoms with Gasteiger partial charge in [-0.1, -0.05) is 6.07 Å². The summed E-state index contributed by atoms with van der Waals surface area (Å²) in [6.45, 7) is 4.33. The van der Waals surface area contributed by atoms with Crippen LogP contribution < -0.4 is 0 Å². The van der Waals surface area contributed by atoms with Crippen LogP contribution in [0.1, 0.15) is 25.3 Å². The number of rotatable bonds is 5. The number of aryl methyl sites for hydroxylation is 1. The lowest BCUT2D eigenvalue weighted by Gasteiger charge is -2.37. The van der Waals surface area contributed by atoms with E-state index in [2.05, 4.69) is 0 Å². The first-order valence-corrected chi connectivity index (χ1v) is 13.0. The van der Waals surface area contributed by atoms with Gasteiger partial charge in [-0.2, -0.15) is 0 Å². The summed E-state index contributed by atoms with van der Waals surface area (Å²) in [7, 11) is -7.84. The highest BCUT2D eigenvalue weighted by Gasteiger charge is 2.49. The van der Waals surface area contributed by atoms with E-state index in [1.165, 1.54) is 12.1 Å². The second-order valence-corrected chi connectivity index (χ2v) is 12.0. The fourth-order valence-corrected chi connectivity index (χ4v) is 9.17. The largest absolute Gasteiger partial charge is 0.466 e. The topological polar surface area (TPSA) is 97.8 Å². The third-order valence-electron chi connectivity index (χ3n) is 5.61. The predicted octanol–water partition coefficient (Wildman–Crippen LogP) is 1.35. The molecular weight excluding hydrogens is 421 g/mol. The number of sulfone groups is 2. The lowest BCUT2D eigenvalue weighted by atomic mass is 9.96. The summed E-state index contributed by atoms with van der Waals surface area (Å²) in [4.78, 5) is 13.4. The quantitative estimate of drug-likeness (QED) is 0.629. The molecular formula is C19H26FNO6S2. The Morgan fingerprint density at radius 3 is 2.72 bits per heavy atom. The van der Waals surface area contributed by atoms with Gasteiger partial charge in [-0.3, -0.25) is 9.69 Å². The summed E-state index contributed by atoms with van der Waals surface area (Å²) < 4.78 is 70.6. The van der Waals surface area contributed by atoms with Crippen LogP contribution in [0, 0.1) is 18.7 Å². The maximum absolute atomic E-state index is 14.3. The smallest absolute Gasteiger partial charge is 0.310 e. The molecule has 2 aliphatic heterocycles. The lowest BCUT2D eigenvalue weighted by molar-refractivity contribution is -0.150. The molecule has 1 unspecified atom stereocenters. The van der Waals surface area contributed by atoms with Crippen LogP contribution in [0.3, 0.4) is 0 Å². The Bertz CT molecular complexity index is 992. The van der Waals surface area contributed by atoms with E-state index in [0.29, 0.717) is 24.9 Å². The molecule has 7 nitrogen and oxygen atoms in total. The molecule has 1 aromatic carbocycles. The molecule has 3 rings (SSSR count). The molecule has 2 saturated heterocycles. The van der Waals surface area contributed by atoms with E-state index in [-0.39, 0.29) is 24.9 Å². The second kappa shape index (κ2) is 8.31. The Morgan fingerprint density at radius 2 is 2.03 bits per heavy atom. The zero-order valence-corrected chi connectivity index (χ0v) is 18.1. The highest BCUT2D eigenvalue weighted by molar-refractivity contribution is 7.96. The highest BCUT2D eigenvalue weighted by Crippen LogP contribution is 2.33. The van der Waals surface area contributed by atoms with Gasteiger partial charge in [-0.15, -0.1) is 0 Å². The maximum Gasteiger partial charge on any atom is 0.310 e. The minimum absolute atomic E-state index is 0.237. The minimum Gasteiger partial charge on any atom is -0.466 e. The van der Waals surface area contributed by atoms with E-state index in [1.807, 2.05) is 0 Å². The standard InChI is InChI=1S/C19H26FNO6S2/c1-3-27-19(22)14-5-4-8-21(10-14)16-11-28(23,24)12-18(16)29(25,26)17-9-13(2)6-7-15(17)20/h6-7,9,14,16,18H,3-5,8,10-12H2,1-2H3/t14?,16-,18-/m0/s1. The van der Waals surface area contributed by atoms with Gasteiger partial charge in [0.1, 0.15) is 10.7 Å². The van der Waals surface area contributed by atoms with E-state index in [1.54, 1.807) is 18.7 Å². The van der Waals surface area contributed by atoms with Crippen molar-refractivity contribution in [2.45, 2.75) is 42.9 Å². The summed E-state index contributed by atoms with van der Waals surface area (Å²) in [6, 6.07) is 2.97. The molecule has 0 saturated carbocycles. The Labute approximate surface area is 171 Å². The molecule has 0 bridgehead atoms. The van der Waals surface area contributed by atoms with E-state index in [4.69, 9.17) is 4.74 Å². The number of carbonyl (C=O) groups is 1. The molecule has 162 valence electrons.